The number of tetrazole rings is 1. The van der Waals surface area contributed by atoms with E-state index >= 15 is 0 Å². The molecule has 0 saturated heterocycles. The molecule has 3 aromatic rings. The Kier molecular flexibility index (Phi) is 5.13. The highest BCUT2D eigenvalue weighted by Crippen LogP contribution is 2.25. The number of aromatic amines is 1. The maximum atomic E-state index is 11.9. The fourth-order valence-corrected chi connectivity index (χ4v) is 2.90. The van der Waals surface area contributed by atoms with Gasteiger partial charge in [-0.05, 0) is 55.8 Å². The summed E-state index contributed by atoms with van der Waals surface area (Å²) in [7, 11) is 0. The average molecular weight is 362 g/mol. The minimum Gasteiger partial charge on any atom is -0.462 e. The number of hydrogen-bond donors (Lipinski definition) is 1. The van der Waals surface area contributed by atoms with Crippen molar-refractivity contribution in [3.63, 3.8) is 0 Å². The van der Waals surface area contributed by atoms with Crippen LogP contribution in [0.5, 0.6) is 0 Å². The smallest absolute Gasteiger partial charge is 0.348 e. The number of ether oxygens (including phenoxy) is 1. The number of carbonyl (C=O) groups excluding carboxylic acids is 1. The number of H-pyrrole nitrogens is 1. The van der Waals surface area contributed by atoms with E-state index in [1.165, 1.54) is 0 Å². The summed E-state index contributed by atoms with van der Waals surface area (Å²) in [5.74, 6) is -0.114. The molecule has 0 amide bonds. The summed E-state index contributed by atoms with van der Waals surface area (Å²) < 4.78 is 6.96. The van der Waals surface area contributed by atoms with E-state index in [9.17, 15) is 10.1 Å². The molecule has 0 spiro atoms. The summed E-state index contributed by atoms with van der Waals surface area (Å²) in [6.07, 6.45) is 1.56. The highest BCUT2D eigenvalue weighted by molar-refractivity contribution is 5.98. The highest BCUT2D eigenvalue weighted by atomic mass is 16.5. The van der Waals surface area contributed by atoms with Gasteiger partial charge in [-0.15, -0.1) is 10.2 Å². The average Bonchev–Trinajstić information content (AvgIpc) is 3.28. The summed E-state index contributed by atoms with van der Waals surface area (Å²) in [6.45, 7) is 5.82. The fraction of sp³-hybridized carbons (Fsp3) is 0.211. The maximum absolute atomic E-state index is 11.9. The summed E-state index contributed by atoms with van der Waals surface area (Å²) in [4.78, 5) is 11.9. The second-order valence-corrected chi connectivity index (χ2v) is 5.84. The Morgan fingerprint density at radius 2 is 2.19 bits per heavy atom. The number of rotatable bonds is 5. The lowest BCUT2D eigenvalue weighted by atomic mass is 10.1. The minimum absolute atomic E-state index is 0.0300. The van der Waals surface area contributed by atoms with Crippen molar-refractivity contribution in [2.24, 2.45) is 0 Å². The van der Waals surface area contributed by atoms with Gasteiger partial charge >= 0.3 is 5.97 Å². The molecular weight excluding hydrogens is 344 g/mol. The zero-order valence-corrected chi connectivity index (χ0v) is 15.2. The van der Waals surface area contributed by atoms with Gasteiger partial charge in [0.1, 0.15) is 11.6 Å². The van der Waals surface area contributed by atoms with Crippen molar-refractivity contribution in [2.45, 2.75) is 20.8 Å². The first-order chi connectivity index (χ1) is 13.0. The molecule has 136 valence electrons. The molecule has 0 aliphatic carbocycles. The van der Waals surface area contributed by atoms with Crippen molar-refractivity contribution < 1.29 is 9.53 Å². The molecule has 0 unspecified atom stereocenters. The van der Waals surface area contributed by atoms with Crippen LogP contribution in [0.25, 0.3) is 23.2 Å². The van der Waals surface area contributed by atoms with Crippen LogP contribution in [0.1, 0.15) is 23.9 Å². The Balaban J connectivity index is 2.04. The molecule has 2 heterocycles. The van der Waals surface area contributed by atoms with E-state index in [1.54, 1.807) is 13.0 Å². The third-order valence-electron chi connectivity index (χ3n) is 4.09. The third-order valence-corrected chi connectivity index (χ3v) is 4.09. The van der Waals surface area contributed by atoms with Crippen LogP contribution in [0.15, 0.2) is 35.9 Å². The van der Waals surface area contributed by atoms with Gasteiger partial charge in [0.15, 0.2) is 0 Å². The Hall–Kier alpha value is -3.73. The molecule has 8 nitrogen and oxygen atoms in total. The zero-order chi connectivity index (χ0) is 19.4. The SMILES string of the molecule is CCOC(=O)/C(C#N)=C/c1cc(C)n(-c2cccc(-c3nn[nH]n3)c2)c1C. The van der Waals surface area contributed by atoms with Gasteiger partial charge in [0.05, 0.1) is 6.61 Å². The van der Waals surface area contributed by atoms with Crippen molar-refractivity contribution >= 4 is 12.0 Å². The molecule has 2 aromatic heterocycles. The number of aromatic nitrogens is 5. The molecule has 27 heavy (non-hydrogen) atoms. The number of esters is 1. The van der Waals surface area contributed by atoms with E-state index in [1.807, 2.05) is 54.8 Å². The molecule has 0 fully saturated rings. The van der Waals surface area contributed by atoms with Gasteiger partial charge in [0.25, 0.3) is 0 Å². The second kappa shape index (κ2) is 7.66. The first-order valence-electron chi connectivity index (χ1n) is 8.37. The zero-order valence-electron chi connectivity index (χ0n) is 15.2. The van der Waals surface area contributed by atoms with E-state index in [4.69, 9.17) is 4.74 Å². The largest absolute Gasteiger partial charge is 0.462 e. The van der Waals surface area contributed by atoms with Gasteiger partial charge in [-0.3, -0.25) is 0 Å². The summed E-state index contributed by atoms with van der Waals surface area (Å²) in [5, 5.41) is 23.3. The summed E-state index contributed by atoms with van der Waals surface area (Å²) >= 11 is 0. The molecule has 0 aliphatic rings. The Morgan fingerprint density at radius 3 is 2.85 bits per heavy atom. The third kappa shape index (κ3) is 3.62. The van der Waals surface area contributed by atoms with Crippen LogP contribution < -0.4 is 0 Å². The van der Waals surface area contributed by atoms with E-state index in [-0.39, 0.29) is 12.2 Å². The number of benzene rings is 1. The van der Waals surface area contributed by atoms with Crippen molar-refractivity contribution in [1.82, 2.24) is 25.2 Å². The van der Waals surface area contributed by atoms with Crippen LogP contribution in [0.4, 0.5) is 0 Å². The van der Waals surface area contributed by atoms with Crippen LogP contribution in [0.3, 0.4) is 0 Å². The predicted octanol–water partition coefficient (Wildman–Crippen LogP) is 2.74. The molecular formula is C19H18N6O2. The van der Waals surface area contributed by atoms with Crippen molar-refractivity contribution in [3.05, 3.63) is 52.9 Å². The van der Waals surface area contributed by atoms with Crippen LogP contribution in [0.2, 0.25) is 0 Å². The Morgan fingerprint density at radius 1 is 1.37 bits per heavy atom. The first-order valence-corrected chi connectivity index (χ1v) is 8.37. The Labute approximate surface area is 156 Å². The number of nitrogens with one attached hydrogen (secondary N) is 1. The Bertz CT molecular complexity index is 1040. The minimum atomic E-state index is -0.621. The van der Waals surface area contributed by atoms with Gasteiger partial charge in [-0.25, -0.2) is 4.79 Å². The molecule has 0 bridgehead atoms. The lowest BCUT2D eigenvalue weighted by Gasteiger charge is -2.10. The summed E-state index contributed by atoms with van der Waals surface area (Å²) in [6, 6.07) is 11.6. The van der Waals surface area contributed by atoms with Gasteiger partial charge in [-0.1, -0.05) is 12.1 Å². The number of hydrogen-bond acceptors (Lipinski definition) is 6. The van der Waals surface area contributed by atoms with Crippen molar-refractivity contribution in [3.8, 4) is 23.1 Å². The molecule has 0 aliphatic heterocycles. The molecule has 3 rings (SSSR count). The number of nitrogens with zero attached hydrogens (tertiary/aromatic N) is 5. The van der Waals surface area contributed by atoms with Crippen molar-refractivity contribution in [2.75, 3.05) is 6.61 Å². The van der Waals surface area contributed by atoms with E-state index in [2.05, 4.69) is 20.6 Å². The van der Waals surface area contributed by atoms with Crippen molar-refractivity contribution in [1.29, 1.82) is 5.26 Å². The summed E-state index contributed by atoms with van der Waals surface area (Å²) in [5.41, 5.74) is 4.36. The quantitative estimate of drug-likeness (QED) is 0.424. The van der Waals surface area contributed by atoms with Gasteiger partial charge in [0.2, 0.25) is 5.82 Å². The van der Waals surface area contributed by atoms with Crippen LogP contribution in [0, 0.1) is 25.2 Å². The van der Waals surface area contributed by atoms with Gasteiger partial charge in [0, 0.05) is 22.6 Å². The number of aryl methyl sites for hydroxylation is 1. The lowest BCUT2D eigenvalue weighted by molar-refractivity contribution is -0.137. The molecule has 1 N–H and O–H groups in total. The monoisotopic (exact) mass is 362 g/mol. The lowest BCUT2D eigenvalue weighted by Crippen LogP contribution is -2.06. The highest BCUT2D eigenvalue weighted by Gasteiger charge is 2.15. The van der Waals surface area contributed by atoms with E-state index < -0.39 is 5.97 Å². The topological polar surface area (TPSA) is 109 Å². The van der Waals surface area contributed by atoms with E-state index in [0.717, 1.165) is 28.2 Å². The molecule has 0 radical (unpaired) electrons. The predicted molar refractivity (Wildman–Crippen MR) is 98.6 cm³/mol. The first kappa shape index (κ1) is 18.1. The molecule has 0 atom stereocenters. The number of nitriles is 1. The van der Waals surface area contributed by atoms with Gasteiger partial charge in [-0.2, -0.15) is 10.5 Å². The van der Waals surface area contributed by atoms with Gasteiger partial charge < -0.3 is 9.30 Å². The normalized spacial score (nSPS) is 11.3. The fourth-order valence-electron chi connectivity index (χ4n) is 2.90. The van der Waals surface area contributed by atoms with Crippen LogP contribution in [-0.2, 0) is 9.53 Å². The number of carbonyl (C=O) groups is 1. The maximum Gasteiger partial charge on any atom is 0.348 e. The molecule has 8 heteroatoms. The standard InChI is InChI=1S/C19H18N6O2/c1-4-27-19(26)16(11-20)9-15-8-12(2)25(13(15)3)17-7-5-6-14(10-17)18-21-23-24-22-18/h5-10H,4H2,1-3H3,(H,21,22,23,24)/b16-9+. The van der Waals surface area contributed by atoms with Crippen LogP contribution in [-0.4, -0.2) is 37.8 Å². The van der Waals surface area contributed by atoms with E-state index in [0.29, 0.717) is 5.82 Å². The molecule has 1 aromatic carbocycles. The second-order valence-electron chi connectivity index (χ2n) is 5.84. The molecule has 0 saturated carbocycles. The van der Waals surface area contributed by atoms with Crippen LogP contribution >= 0.6 is 0 Å².